The number of nitrogens with zero attached hydrogens (tertiary/aromatic N) is 1. The van der Waals surface area contributed by atoms with Crippen molar-refractivity contribution in [1.82, 2.24) is 4.98 Å². The minimum absolute atomic E-state index is 0.103. The first-order valence-electron chi connectivity index (χ1n) is 8.85. The Hall–Kier alpha value is -2.95. The third kappa shape index (κ3) is 4.47. The number of aldehydes is 1. The molecule has 4 nitrogen and oxygen atoms in total. The summed E-state index contributed by atoms with van der Waals surface area (Å²) in [4.78, 5) is 15.7. The predicted octanol–water partition coefficient (Wildman–Crippen LogP) is 5.06. The SMILES string of the molecule is Cc1c(-c2ccccc2)ccnc1/C=C/c1cc(OCCO)c(C=O)cc1Cl. The van der Waals surface area contributed by atoms with Crippen LogP contribution >= 0.6 is 11.6 Å². The van der Waals surface area contributed by atoms with Crippen LogP contribution in [0.15, 0.2) is 54.7 Å². The van der Waals surface area contributed by atoms with Crippen LogP contribution in [-0.4, -0.2) is 29.6 Å². The Bertz CT molecular complexity index is 1000. The highest BCUT2D eigenvalue weighted by molar-refractivity contribution is 6.32. The monoisotopic (exact) mass is 393 g/mol. The molecule has 28 heavy (non-hydrogen) atoms. The molecule has 0 amide bonds. The van der Waals surface area contributed by atoms with Gasteiger partial charge in [0.05, 0.1) is 17.9 Å². The van der Waals surface area contributed by atoms with Gasteiger partial charge in [-0.05, 0) is 53.5 Å². The van der Waals surface area contributed by atoms with Crippen molar-refractivity contribution in [2.24, 2.45) is 0 Å². The fourth-order valence-corrected chi connectivity index (χ4v) is 3.14. The summed E-state index contributed by atoms with van der Waals surface area (Å²) in [6.45, 7) is 1.99. The van der Waals surface area contributed by atoms with E-state index in [0.29, 0.717) is 28.2 Å². The molecule has 0 saturated carbocycles. The van der Waals surface area contributed by atoms with Crippen LogP contribution in [-0.2, 0) is 0 Å². The lowest BCUT2D eigenvalue weighted by molar-refractivity contribution is 0.111. The maximum atomic E-state index is 11.2. The molecule has 0 atom stereocenters. The number of aromatic nitrogens is 1. The molecule has 1 aromatic heterocycles. The first kappa shape index (κ1) is 19.8. The molecule has 0 fully saturated rings. The first-order valence-corrected chi connectivity index (χ1v) is 9.23. The number of hydrogen-bond acceptors (Lipinski definition) is 4. The number of pyridine rings is 1. The zero-order valence-electron chi connectivity index (χ0n) is 15.4. The van der Waals surface area contributed by atoms with E-state index < -0.39 is 0 Å². The number of aliphatic hydroxyl groups is 1. The number of ether oxygens (including phenoxy) is 1. The second-order valence-electron chi connectivity index (χ2n) is 6.17. The molecule has 3 rings (SSSR count). The highest BCUT2D eigenvalue weighted by atomic mass is 35.5. The normalized spacial score (nSPS) is 11.0. The number of carbonyl (C=O) groups is 1. The topological polar surface area (TPSA) is 59.4 Å². The van der Waals surface area contributed by atoms with Crippen LogP contribution in [0.5, 0.6) is 5.75 Å². The summed E-state index contributed by atoms with van der Waals surface area (Å²) < 4.78 is 5.44. The van der Waals surface area contributed by atoms with Gasteiger partial charge in [-0.2, -0.15) is 0 Å². The average molecular weight is 394 g/mol. The Balaban J connectivity index is 1.95. The van der Waals surface area contributed by atoms with Gasteiger partial charge in [-0.25, -0.2) is 0 Å². The van der Waals surface area contributed by atoms with E-state index in [-0.39, 0.29) is 13.2 Å². The third-order valence-corrected chi connectivity index (χ3v) is 4.68. The molecule has 0 spiro atoms. The molecule has 0 radical (unpaired) electrons. The van der Waals surface area contributed by atoms with E-state index in [2.05, 4.69) is 17.1 Å². The van der Waals surface area contributed by atoms with E-state index in [1.807, 2.05) is 43.3 Å². The van der Waals surface area contributed by atoms with Crippen LogP contribution in [0.1, 0.15) is 27.2 Å². The largest absolute Gasteiger partial charge is 0.490 e. The van der Waals surface area contributed by atoms with Gasteiger partial charge in [0.2, 0.25) is 0 Å². The summed E-state index contributed by atoms with van der Waals surface area (Å²) in [6.07, 6.45) is 6.19. The maximum Gasteiger partial charge on any atom is 0.153 e. The van der Waals surface area contributed by atoms with Crippen molar-refractivity contribution >= 4 is 30.0 Å². The number of hydrogen-bond donors (Lipinski definition) is 1. The number of carbonyl (C=O) groups excluding carboxylic acids is 1. The number of aliphatic hydroxyl groups excluding tert-OH is 1. The maximum absolute atomic E-state index is 11.2. The van der Waals surface area contributed by atoms with Gasteiger partial charge in [-0.1, -0.05) is 48.0 Å². The van der Waals surface area contributed by atoms with Gasteiger partial charge >= 0.3 is 0 Å². The lowest BCUT2D eigenvalue weighted by Gasteiger charge is -2.10. The van der Waals surface area contributed by atoms with Gasteiger partial charge in [0.15, 0.2) is 6.29 Å². The average Bonchev–Trinajstić information content (AvgIpc) is 2.73. The van der Waals surface area contributed by atoms with Gasteiger partial charge in [0.25, 0.3) is 0 Å². The zero-order valence-corrected chi connectivity index (χ0v) is 16.2. The molecule has 3 aromatic rings. The molecule has 0 saturated heterocycles. The quantitative estimate of drug-likeness (QED) is 0.569. The van der Waals surface area contributed by atoms with Gasteiger partial charge < -0.3 is 9.84 Å². The van der Waals surface area contributed by atoms with Crippen molar-refractivity contribution in [2.75, 3.05) is 13.2 Å². The minimum atomic E-state index is -0.137. The summed E-state index contributed by atoms with van der Waals surface area (Å²) in [5.74, 6) is 0.385. The van der Waals surface area contributed by atoms with Gasteiger partial charge in [-0.3, -0.25) is 9.78 Å². The Labute approximate surface area is 169 Å². The van der Waals surface area contributed by atoms with E-state index in [4.69, 9.17) is 21.4 Å². The molecular weight excluding hydrogens is 374 g/mol. The number of halogens is 1. The number of benzene rings is 2. The van der Waals surface area contributed by atoms with Crippen molar-refractivity contribution in [3.63, 3.8) is 0 Å². The van der Waals surface area contributed by atoms with Crippen molar-refractivity contribution in [3.05, 3.63) is 82.1 Å². The van der Waals surface area contributed by atoms with Crippen LogP contribution in [0.3, 0.4) is 0 Å². The molecule has 5 heteroatoms. The highest BCUT2D eigenvalue weighted by Crippen LogP contribution is 2.29. The molecule has 0 unspecified atom stereocenters. The van der Waals surface area contributed by atoms with E-state index >= 15 is 0 Å². The second kappa shape index (κ2) is 9.31. The molecule has 142 valence electrons. The third-order valence-electron chi connectivity index (χ3n) is 4.35. The molecule has 0 aliphatic carbocycles. The summed E-state index contributed by atoms with van der Waals surface area (Å²) in [5, 5.41) is 9.39. The standard InChI is InChI=1S/C23H20ClNO3/c1-16-20(17-5-3-2-4-6-17)9-10-25-22(16)8-7-18-14-23(28-12-11-26)19(15-27)13-21(18)24/h2-10,13-15,26H,11-12H2,1H3/b8-7+. The summed E-state index contributed by atoms with van der Waals surface area (Å²) in [5.41, 5.74) is 5.18. The molecular formula is C23H20ClNO3. The molecule has 1 N–H and O–H groups in total. The fraction of sp³-hybridized carbons (Fsp3) is 0.130. The van der Waals surface area contributed by atoms with Gasteiger partial charge in [0, 0.05) is 11.2 Å². The Kier molecular flexibility index (Phi) is 6.58. The predicted molar refractivity (Wildman–Crippen MR) is 113 cm³/mol. The molecule has 2 aromatic carbocycles. The summed E-state index contributed by atoms with van der Waals surface area (Å²) in [7, 11) is 0. The van der Waals surface area contributed by atoms with Crippen molar-refractivity contribution in [3.8, 4) is 16.9 Å². The van der Waals surface area contributed by atoms with Gasteiger partial charge in [0.1, 0.15) is 12.4 Å². The van der Waals surface area contributed by atoms with E-state index in [0.717, 1.165) is 22.4 Å². The van der Waals surface area contributed by atoms with Gasteiger partial charge in [-0.15, -0.1) is 0 Å². The zero-order chi connectivity index (χ0) is 19.9. The fourth-order valence-electron chi connectivity index (χ4n) is 2.90. The first-order chi connectivity index (χ1) is 13.6. The van der Waals surface area contributed by atoms with Crippen LogP contribution < -0.4 is 4.74 Å². The summed E-state index contributed by atoms with van der Waals surface area (Å²) in [6, 6.07) is 15.4. The molecule has 1 heterocycles. The smallest absolute Gasteiger partial charge is 0.153 e. The second-order valence-corrected chi connectivity index (χ2v) is 6.58. The number of rotatable bonds is 7. The Morgan fingerprint density at radius 1 is 1.11 bits per heavy atom. The van der Waals surface area contributed by atoms with Crippen LogP contribution in [0.4, 0.5) is 0 Å². The minimum Gasteiger partial charge on any atom is -0.490 e. The summed E-state index contributed by atoms with van der Waals surface area (Å²) >= 11 is 6.31. The molecule has 0 bridgehead atoms. The van der Waals surface area contributed by atoms with E-state index in [1.54, 1.807) is 18.3 Å². The van der Waals surface area contributed by atoms with Crippen LogP contribution in [0, 0.1) is 6.92 Å². The lowest BCUT2D eigenvalue weighted by Crippen LogP contribution is -2.04. The van der Waals surface area contributed by atoms with Crippen molar-refractivity contribution in [2.45, 2.75) is 6.92 Å². The van der Waals surface area contributed by atoms with E-state index in [9.17, 15) is 4.79 Å². The van der Waals surface area contributed by atoms with Crippen LogP contribution in [0.2, 0.25) is 5.02 Å². The van der Waals surface area contributed by atoms with Crippen LogP contribution in [0.25, 0.3) is 23.3 Å². The van der Waals surface area contributed by atoms with Crippen molar-refractivity contribution in [1.29, 1.82) is 0 Å². The Morgan fingerprint density at radius 2 is 1.89 bits per heavy atom. The van der Waals surface area contributed by atoms with Crippen molar-refractivity contribution < 1.29 is 14.6 Å². The molecule has 0 aliphatic heterocycles. The highest BCUT2D eigenvalue weighted by Gasteiger charge is 2.09. The Morgan fingerprint density at radius 3 is 2.61 bits per heavy atom. The molecule has 0 aliphatic rings. The lowest BCUT2D eigenvalue weighted by atomic mass is 10.00. The van der Waals surface area contributed by atoms with E-state index in [1.165, 1.54) is 0 Å².